The lowest BCUT2D eigenvalue weighted by Crippen LogP contribution is -2.52. The smallest absolute Gasteiger partial charge is 0.191 e. The third kappa shape index (κ3) is 4.41. The molecule has 2 N–H and O–H groups in total. The Morgan fingerprint density at radius 2 is 2.17 bits per heavy atom. The molecule has 24 heavy (non-hydrogen) atoms. The van der Waals surface area contributed by atoms with Crippen molar-refractivity contribution in [1.82, 2.24) is 15.5 Å². The molecule has 0 aromatic heterocycles. The number of rotatable bonds is 4. The molecule has 1 fully saturated rings. The molecule has 2 aliphatic rings. The third-order valence-electron chi connectivity index (χ3n) is 4.52. The molecule has 0 radical (unpaired) electrons. The van der Waals surface area contributed by atoms with E-state index in [9.17, 15) is 0 Å². The normalized spacial score (nSPS) is 25.0. The number of aliphatic imine (C=N–C) groups is 1. The van der Waals surface area contributed by atoms with Crippen LogP contribution in [0.5, 0.6) is 0 Å². The molecular formula is C18H27ClN4O. The number of morpholine rings is 1. The maximum atomic E-state index is 6.07. The number of hydrogen-bond donors (Lipinski definition) is 2. The fourth-order valence-corrected chi connectivity index (χ4v) is 3.44. The molecule has 0 amide bonds. The van der Waals surface area contributed by atoms with Crippen LogP contribution in [0.15, 0.2) is 29.3 Å². The third-order valence-corrected chi connectivity index (χ3v) is 4.77. The summed E-state index contributed by atoms with van der Waals surface area (Å²) >= 11 is 6.07. The summed E-state index contributed by atoms with van der Waals surface area (Å²) < 4.78 is 5.87. The van der Waals surface area contributed by atoms with Crippen LogP contribution >= 0.6 is 11.6 Å². The van der Waals surface area contributed by atoms with Gasteiger partial charge in [-0.25, -0.2) is 0 Å². The summed E-state index contributed by atoms with van der Waals surface area (Å²) in [5.41, 5.74) is 1.14. The lowest BCUT2D eigenvalue weighted by Gasteiger charge is -2.42. The lowest BCUT2D eigenvalue weighted by atomic mass is 10.0. The standard InChI is InChI=1S/C18H27ClN4O/c1-13-10-20-17(22-13)21-11-16(14-4-6-15(19)7-5-14)23-8-9-24-18(2,3)12-23/h4-7,13,16H,8-12H2,1-3H3,(H2,20,21,22). The second kappa shape index (κ2) is 7.30. The summed E-state index contributed by atoms with van der Waals surface area (Å²) in [4.78, 5) is 6.99. The van der Waals surface area contributed by atoms with Crippen LogP contribution in [0.1, 0.15) is 32.4 Å². The van der Waals surface area contributed by atoms with Gasteiger partial charge in [-0.3, -0.25) is 9.89 Å². The molecule has 0 spiro atoms. The van der Waals surface area contributed by atoms with Gasteiger partial charge in [-0.15, -0.1) is 0 Å². The van der Waals surface area contributed by atoms with E-state index in [0.29, 0.717) is 6.04 Å². The fraction of sp³-hybridized carbons (Fsp3) is 0.611. The van der Waals surface area contributed by atoms with Crippen molar-refractivity contribution in [2.24, 2.45) is 4.99 Å². The van der Waals surface area contributed by atoms with Gasteiger partial charge in [-0.1, -0.05) is 23.7 Å². The molecule has 2 aliphatic heterocycles. The second-order valence-electron chi connectivity index (χ2n) is 7.26. The van der Waals surface area contributed by atoms with E-state index in [0.717, 1.165) is 43.8 Å². The number of benzene rings is 1. The first-order valence-electron chi connectivity index (χ1n) is 8.61. The van der Waals surface area contributed by atoms with E-state index in [2.05, 4.69) is 53.4 Å². The van der Waals surface area contributed by atoms with Gasteiger partial charge in [0.25, 0.3) is 0 Å². The number of guanidine groups is 1. The number of halogens is 1. The highest BCUT2D eigenvalue weighted by atomic mass is 35.5. The van der Waals surface area contributed by atoms with Crippen LogP contribution in [0.25, 0.3) is 0 Å². The van der Waals surface area contributed by atoms with Crippen molar-refractivity contribution in [3.8, 4) is 0 Å². The van der Waals surface area contributed by atoms with Crippen molar-refractivity contribution in [2.75, 3.05) is 32.8 Å². The van der Waals surface area contributed by atoms with Gasteiger partial charge in [-0.2, -0.15) is 0 Å². The topological polar surface area (TPSA) is 48.9 Å². The minimum Gasteiger partial charge on any atom is -0.373 e. The Morgan fingerprint density at radius 1 is 1.42 bits per heavy atom. The Kier molecular flexibility index (Phi) is 5.33. The lowest BCUT2D eigenvalue weighted by molar-refractivity contribution is -0.0971. The van der Waals surface area contributed by atoms with Gasteiger partial charge in [0.1, 0.15) is 0 Å². The summed E-state index contributed by atoms with van der Waals surface area (Å²) in [7, 11) is 0. The highest BCUT2D eigenvalue weighted by molar-refractivity contribution is 6.30. The Morgan fingerprint density at radius 3 is 2.79 bits per heavy atom. The van der Waals surface area contributed by atoms with Crippen molar-refractivity contribution >= 4 is 17.6 Å². The summed E-state index contributed by atoms with van der Waals surface area (Å²) in [6.45, 7) is 10.7. The van der Waals surface area contributed by atoms with E-state index in [4.69, 9.17) is 16.3 Å². The Hall–Kier alpha value is -1.30. The van der Waals surface area contributed by atoms with Gasteiger partial charge in [0.2, 0.25) is 0 Å². The molecule has 1 saturated heterocycles. The molecule has 1 aromatic carbocycles. The second-order valence-corrected chi connectivity index (χ2v) is 7.70. The predicted octanol–water partition coefficient (Wildman–Crippen LogP) is 2.43. The molecule has 2 heterocycles. The summed E-state index contributed by atoms with van der Waals surface area (Å²) in [6.07, 6.45) is 0. The van der Waals surface area contributed by atoms with Crippen molar-refractivity contribution in [3.63, 3.8) is 0 Å². The Bertz CT molecular complexity index is 587. The van der Waals surface area contributed by atoms with E-state index < -0.39 is 0 Å². The first-order valence-corrected chi connectivity index (χ1v) is 8.99. The fourth-order valence-electron chi connectivity index (χ4n) is 3.31. The number of nitrogens with zero attached hydrogens (tertiary/aromatic N) is 2. The number of hydrogen-bond acceptors (Lipinski definition) is 5. The number of nitrogens with one attached hydrogen (secondary N) is 2. The molecular weight excluding hydrogens is 324 g/mol. The Labute approximate surface area is 149 Å². The molecule has 132 valence electrons. The molecule has 1 aromatic rings. The molecule has 6 heteroatoms. The predicted molar refractivity (Wildman–Crippen MR) is 98.7 cm³/mol. The van der Waals surface area contributed by atoms with Crippen LogP contribution in [-0.2, 0) is 4.74 Å². The molecule has 0 saturated carbocycles. The van der Waals surface area contributed by atoms with Gasteiger partial charge in [0, 0.05) is 30.7 Å². The minimum atomic E-state index is -0.124. The zero-order valence-corrected chi connectivity index (χ0v) is 15.4. The average Bonchev–Trinajstić information content (AvgIpc) is 2.94. The van der Waals surface area contributed by atoms with Crippen molar-refractivity contribution < 1.29 is 4.74 Å². The highest BCUT2D eigenvalue weighted by Gasteiger charge is 2.32. The van der Waals surface area contributed by atoms with Crippen molar-refractivity contribution in [2.45, 2.75) is 38.5 Å². The molecule has 0 aliphatic carbocycles. The highest BCUT2D eigenvalue weighted by Crippen LogP contribution is 2.27. The van der Waals surface area contributed by atoms with E-state index >= 15 is 0 Å². The van der Waals surface area contributed by atoms with Crippen LogP contribution in [0.4, 0.5) is 0 Å². The first kappa shape index (κ1) is 17.5. The maximum Gasteiger partial charge on any atom is 0.191 e. The van der Waals surface area contributed by atoms with Gasteiger partial charge >= 0.3 is 0 Å². The van der Waals surface area contributed by atoms with Crippen molar-refractivity contribution in [3.05, 3.63) is 34.9 Å². The van der Waals surface area contributed by atoms with Gasteiger partial charge in [0.15, 0.2) is 5.96 Å². The van der Waals surface area contributed by atoms with E-state index in [1.54, 1.807) is 0 Å². The van der Waals surface area contributed by atoms with Gasteiger partial charge in [0.05, 0.1) is 24.8 Å². The molecule has 2 unspecified atom stereocenters. The summed E-state index contributed by atoms with van der Waals surface area (Å²) in [5.74, 6) is 0.897. The molecule has 3 rings (SSSR count). The molecule has 2 atom stereocenters. The summed E-state index contributed by atoms with van der Waals surface area (Å²) in [5, 5.41) is 7.60. The van der Waals surface area contributed by atoms with Crippen LogP contribution in [-0.4, -0.2) is 55.3 Å². The largest absolute Gasteiger partial charge is 0.373 e. The van der Waals surface area contributed by atoms with Crippen LogP contribution in [0.2, 0.25) is 5.02 Å². The zero-order chi connectivity index (χ0) is 17.2. The van der Waals surface area contributed by atoms with Crippen LogP contribution in [0, 0.1) is 0 Å². The van der Waals surface area contributed by atoms with Gasteiger partial charge in [-0.05, 0) is 38.5 Å². The zero-order valence-electron chi connectivity index (χ0n) is 14.7. The molecule has 0 bridgehead atoms. The van der Waals surface area contributed by atoms with Crippen LogP contribution < -0.4 is 10.6 Å². The van der Waals surface area contributed by atoms with Crippen molar-refractivity contribution in [1.29, 1.82) is 0 Å². The minimum absolute atomic E-state index is 0.124. The quantitative estimate of drug-likeness (QED) is 0.875. The maximum absolute atomic E-state index is 6.07. The summed E-state index contributed by atoms with van der Waals surface area (Å²) in [6, 6.07) is 8.81. The van der Waals surface area contributed by atoms with Crippen LogP contribution in [0.3, 0.4) is 0 Å². The first-order chi connectivity index (χ1) is 11.4. The van der Waals surface area contributed by atoms with E-state index in [1.165, 1.54) is 5.56 Å². The van der Waals surface area contributed by atoms with E-state index in [1.807, 2.05) is 12.1 Å². The Balaban J connectivity index is 1.74. The number of ether oxygens (including phenoxy) is 1. The van der Waals surface area contributed by atoms with E-state index in [-0.39, 0.29) is 11.6 Å². The van der Waals surface area contributed by atoms with Gasteiger partial charge < -0.3 is 15.4 Å². The molecule has 5 nitrogen and oxygen atoms in total. The average molecular weight is 351 g/mol. The SMILES string of the molecule is CC1CN=C(NCC(c2ccc(Cl)cc2)N2CCOC(C)(C)C2)N1. The monoisotopic (exact) mass is 350 g/mol.